The fourth-order valence-electron chi connectivity index (χ4n) is 4.90. The lowest BCUT2D eigenvalue weighted by atomic mass is 9.93. The second kappa shape index (κ2) is 7.98. The molecule has 0 atom stereocenters. The highest BCUT2D eigenvalue weighted by Gasteiger charge is 2.42. The van der Waals surface area contributed by atoms with Crippen LogP contribution in [0.25, 0.3) is 0 Å². The zero-order valence-corrected chi connectivity index (χ0v) is 18.0. The molecule has 0 unspecified atom stereocenters. The molecule has 0 radical (unpaired) electrons. The van der Waals surface area contributed by atoms with Crippen LogP contribution < -0.4 is 9.47 Å². The Labute approximate surface area is 179 Å². The maximum Gasteiger partial charge on any atom is 0.162 e. The van der Waals surface area contributed by atoms with Crippen molar-refractivity contribution in [2.24, 2.45) is 11.1 Å². The number of nitrogens with zero attached hydrogens (tertiary/aromatic N) is 1. The molecule has 30 heavy (non-hydrogen) atoms. The molecule has 4 nitrogen and oxygen atoms in total. The third kappa shape index (κ3) is 3.92. The van der Waals surface area contributed by atoms with Gasteiger partial charge in [-0.3, -0.25) is 0 Å². The molecule has 0 amide bonds. The number of ether oxygens (including phenoxy) is 2. The van der Waals surface area contributed by atoms with Crippen LogP contribution in [0.15, 0.2) is 47.6 Å². The van der Waals surface area contributed by atoms with Crippen molar-refractivity contribution in [2.45, 2.75) is 70.5 Å². The van der Waals surface area contributed by atoms with Gasteiger partial charge in [0, 0.05) is 24.8 Å². The summed E-state index contributed by atoms with van der Waals surface area (Å²) in [4.78, 5) is 5.91. The number of benzene rings is 2. The quantitative estimate of drug-likeness (QED) is 0.618. The Bertz CT molecular complexity index is 918. The Kier molecular flexibility index (Phi) is 5.18. The zero-order valence-electron chi connectivity index (χ0n) is 18.0. The highest BCUT2D eigenvalue weighted by atomic mass is 16.7. The van der Waals surface area contributed by atoms with Crippen molar-refractivity contribution in [2.75, 3.05) is 6.61 Å². The van der Waals surface area contributed by atoms with Crippen LogP contribution in [-0.4, -0.2) is 24.0 Å². The van der Waals surface area contributed by atoms with Crippen molar-refractivity contribution in [3.8, 4) is 11.5 Å². The molecule has 2 aromatic rings. The van der Waals surface area contributed by atoms with E-state index in [-0.39, 0.29) is 11.7 Å². The van der Waals surface area contributed by atoms with Gasteiger partial charge in [-0.2, -0.15) is 0 Å². The van der Waals surface area contributed by atoms with E-state index in [0.717, 1.165) is 54.9 Å². The van der Waals surface area contributed by atoms with Gasteiger partial charge >= 0.3 is 0 Å². The van der Waals surface area contributed by atoms with Crippen molar-refractivity contribution in [1.82, 2.24) is 0 Å². The topological polar surface area (TPSA) is 40.0 Å². The van der Waals surface area contributed by atoms with Crippen LogP contribution >= 0.6 is 0 Å². The van der Waals surface area contributed by atoms with Gasteiger partial charge in [-0.05, 0) is 60.9 Å². The monoisotopic (exact) mass is 405 g/mol. The summed E-state index contributed by atoms with van der Waals surface area (Å²) in [6.45, 7) is 5.00. The predicted molar refractivity (Wildman–Crippen MR) is 118 cm³/mol. The van der Waals surface area contributed by atoms with Crippen LogP contribution in [0.1, 0.15) is 62.6 Å². The Morgan fingerprint density at radius 3 is 2.47 bits per heavy atom. The molecule has 158 valence electrons. The van der Waals surface area contributed by atoms with E-state index in [4.69, 9.17) is 14.3 Å². The third-order valence-electron chi connectivity index (χ3n) is 6.51. The minimum atomic E-state index is -0.0593. The molecule has 0 N–H and O–H groups in total. The summed E-state index contributed by atoms with van der Waals surface area (Å²) in [5.41, 5.74) is 4.84. The molecule has 1 heterocycles. The van der Waals surface area contributed by atoms with Crippen LogP contribution in [0, 0.1) is 5.92 Å². The molecule has 3 aliphatic rings. The SMILES string of the molecule is CC(C)COc1ccc(C2=NOC3(CCCC3)C2)cc1OC1Cc2ccccc2C1. The van der Waals surface area contributed by atoms with Crippen LogP contribution in [0.2, 0.25) is 0 Å². The summed E-state index contributed by atoms with van der Waals surface area (Å²) in [5, 5.41) is 4.47. The van der Waals surface area contributed by atoms with Gasteiger partial charge < -0.3 is 14.3 Å². The summed E-state index contributed by atoms with van der Waals surface area (Å²) in [7, 11) is 0. The Morgan fingerprint density at radius 1 is 1.03 bits per heavy atom. The molecule has 4 heteroatoms. The van der Waals surface area contributed by atoms with Gasteiger partial charge in [0.2, 0.25) is 0 Å². The normalized spacial score (nSPS) is 19.8. The third-order valence-corrected chi connectivity index (χ3v) is 6.51. The second-order valence-electron chi connectivity index (χ2n) is 9.48. The van der Waals surface area contributed by atoms with E-state index in [2.05, 4.69) is 55.4 Å². The molecule has 1 saturated carbocycles. The number of hydrogen-bond acceptors (Lipinski definition) is 4. The lowest BCUT2D eigenvalue weighted by Gasteiger charge is -2.20. The Balaban J connectivity index is 1.37. The van der Waals surface area contributed by atoms with Crippen molar-refractivity contribution < 1.29 is 14.3 Å². The van der Waals surface area contributed by atoms with Crippen LogP contribution in [-0.2, 0) is 17.7 Å². The van der Waals surface area contributed by atoms with E-state index in [9.17, 15) is 0 Å². The summed E-state index contributed by atoms with van der Waals surface area (Å²) in [6, 6.07) is 14.9. The largest absolute Gasteiger partial charge is 0.489 e. The first-order valence-electron chi connectivity index (χ1n) is 11.4. The van der Waals surface area contributed by atoms with E-state index >= 15 is 0 Å². The Morgan fingerprint density at radius 2 is 1.77 bits per heavy atom. The molecular formula is C26H31NO3. The minimum Gasteiger partial charge on any atom is -0.489 e. The van der Waals surface area contributed by atoms with Crippen LogP contribution in [0.4, 0.5) is 0 Å². The fraction of sp³-hybridized carbons (Fsp3) is 0.500. The summed E-state index contributed by atoms with van der Waals surface area (Å²) >= 11 is 0. The van der Waals surface area contributed by atoms with E-state index in [1.165, 1.54) is 24.0 Å². The highest BCUT2D eigenvalue weighted by molar-refractivity contribution is 6.02. The van der Waals surface area contributed by atoms with Crippen molar-refractivity contribution in [1.29, 1.82) is 0 Å². The highest BCUT2D eigenvalue weighted by Crippen LogP contribution is 2.42. The minimum absolute atomic E-state index is 0.0593. The maximum absolute atomic E-state index is 6.52. The van der Waals surface area contributed by atoms with E-state index in [0.29, 0.717) is 12.5 Å². The molecular weight excluding hydrogens is 374 g/mol. The zero-order chi connectivity index (χ0) is 20.6. The molecule has 5 rings (SSSR count). The number of rotatable bonds is 6. The first-order valence-corrected chi connectivity index (χ1v) is 11.4. The summed E-state index contributed by atoms with van der Waals surface area (Å²) < 4.78 is 12.6. The van der Waals surface area contributed by atoms with Gasteiger partial charge in [0.25, 0.3) is 0 Å². The lowest BCUT2D eigenvalue weighted by molar-refractivity contribution is -0.0126. The van der Waals surface area contributed by atoms with E-state index < -0.39 is 0 Å². The standard InChI is InChI=1S/C26H31NO3/c1-18(2)17-28-24-10-9-21(23-16-26(30-27-23)11-5-6-12-26)15-25(24)29-22-13-19-7-3-4-8-20(19)14-22/h3-4,7-10,15,18,22H,5-6,11-14,16-17H2,1-2H3. The van der Waals surface area contributed by atoms with Gasteiger partial charge in [-0.1, -0.05) is 43.3 Å². The van der Waals surface area contributed by atoms with Gasteiger partial charge in [0.15, 0.2) is 11.5 Å². The lowest BCUT2D eigenvalue weighted by Crippen LogP contribution is -2.24. The number of oxime groups is 1. The molecule has 0 bridgehead atoms. The average molecular weight is 406 g/mol. The van der Waals surface area contributed by atoms with Crippen molar-refractivity contribution in [3.05, 3.63) is 59.2 Å². The fourth-order valence-corrected chi connectivity index (χ4v) is 4.90. The summed E-state index contributed by atoms with van der Waals surface area (Å²) in [6.07, 6.45) is 7.62. The van der Waals surface area contributed by atoms with Crippen LogP contribution in [0.5, 0.6) is 11.5 Å². The molecule has 1 fully saturated rings. The van der Waals surface area contributed by atoms with Gasteiger partial charge in [0.05, 0.1) is 12.3 Å². The second-order valence-corrected chi connectivity index (χ2v) is 9.48. The van der Waals surface area contributed by atoms with Crippen molar-refractivity contribution in [3.63, 3.8) is 0 Å². The molecule has 2 aromatic carbocycles. The van der Waals surface area contributed by atoms with Crippen molar-refractivity contribution >= 4 is 5.71 Å². The Hall–Kier alpha value is -2.49. The molecule has 0 aromatic heterocycles. The van der Waals surface area contributed by atoms with E-state index in [1.807, 2.05) is 6.07 Å². The molecule has 1 spiro atoms. The predicted octanol–water partition coefficient (Wildman–Crippen LogP) is 5.70. The smallest absolute Gasteiger partial charge is 0.162 e. The van der Waals surface area contributed by atoms with Gasteiger partial charge in [-0.25, -0.2) is 0 Å². The maximum atomic E-state index is 6.52. The average Bonchev–Trinajstić information content (AvgIpc) is 3.47. The van der Waals surface area contributed by atoms with E-state index in [1.54, 1.807) is 0 Å². The first kappa shape index (κ1) is 19.5. The molecule has 1 aliphatic heterocycles. The van der Waals surface area contributed by atoms with Gasteiger partial charge in [-0.15, -0.1) is 0 Å². The number of hydrogen-bond donors (Lipinski definition) is 0. The molecule has 2 aliphatic carbocycles. The van der Waals surface area contributed by atoms with Crippen LogP contribution in [0.3, 0.4) is 0 Å². The number of fused-ring (bicyclic) bond motifs is 1. The summed E-state index contributed by atoms with van der Waals surface area (Å²) in [5.74, 6) is 2.10. The first-order chi connectivity index (χ1) is 14.6. The molecule has 0 saturated heterocycles. The van der Waals surface area contributed by atoms with Gasteiger partial charge in [0.1, 0.15) is 11.7 Å².